The number of hydrogen-bond acceptors (Lipinski definition) is 5. The zero-order valence-electron chi connectivity index (χ0n) is 12.8. The van der Waals surface area contributed by atoms with E-state index in [0.717, 1.165) is 17.1 Å². The number of nitrogen functional groups attached to an aromatic ring is 1. The smallest absolute Gasteiger partial charge is 0.350 e. The summed E-state index contributed by atoms with van der Waals surface area (Å²) in [5.74, 6) is 0.242. The van der Waals surface area contributed by atoms with Crippen LogP contribution in [0.2, 0.25) is 0 Å². The first-order valence-corrected chi connectivity index (χ1v) is 8.69. The third-order valence-corrected chi connectivity index (χ3v) is 5.83. The molecule has 1 heterocycles. The first-order valence-electron chi connectivity index (χ1n) is 7.87. The molecule has 0 amide bonds. The van der Waals surface area contributed by atoms with Crippen LogP contribution in [0.3, 0.4) is 0 Å². The Kier molecular flexibility index (Phi) is 3.86. The third-order valence-electron chi connectivity index (χ3n) is 4.67. The van der Waals surface area contributed by atoms with E-state index in [0.29, 0.717) is 28.5 Å². The number of carbonyl (C=O) groups excluding carboxylic acids is 1. The Bertz CT molecular complexity index is 545. The van der Waals surface area contributed by atoms with E-state index in [9.17, 15) is 4.79 Å². The average molecular weight is 308 g/mol. The highest BCUT2D eigenvalue weighted by molar-refractivity contribution is 7.18. The molecular formula is C16H24N2O2S. The first-order chi connectivity index (χ1) is 10.0. The Morgan fingerprint density at radius 2 is 2.19 bits per heavy atom. The standard InChI is InChI=1S/C16H24N2O2S/c1-3-20-15(19)13-12(17)11(10-5-6-10)14(21-13)18-9-16(2)7-4-8-16/h10,18H,3-9,17H2,1-2H3. The normalized spacial score (nSPS) is 19.9. The Morgan fingerprint density at radius 3 is 2.71 bits per heavy atom. The van der Waals surface area contributed by atoms with Crippen molar-refractivity contribution >= 4 is 28.0 Å². The van der Waals surface area contributed by atoms with Crippen molar-refractivity contribution in [2.45, 2.75) is 51.9 Å². The summed E-state index contributed by atoms with van der Waals surface area (Å²) in [4.78, 5) is 12.6. The number of hydrogen-bond donors (Lipinski definition) is 2. The van der Waals surface area contributed by atoms with E-state index < -0.39 is 0 Å². The van der Waals surface area contributed by atoms with E-state index in [1.54, 1.807) is 0 Å². The van der Waals surface area contributed by atoms with Crippen molar-refractivity contribution in [3.63, 3.8) is 0 Å². The van der Waals surface area contributed by atoms with E-state index in [-0.39, 0.29) is 5.97 Å². The van der Waals surface area contributed by atoms with E-state index in [2.05, 4.69) is 12.2 Å². The molecule has 3 rings (SSSR count). The van der Waals surface area contributed by atoms with Crippen LogP contribution in [0.25, 0.3) is 0 Å². The van der Waals surface area contributed by atoms with E-state index in [1.807, 2.05) is 6.92 Å². The molecule has 0 aliphatic heterocycles. The topological polar surface area (TPSA) is 64.3 Å². The van der Waals surface area contributed by atoms with Crippen molar-refractivity contribution in [1.82, 2.24) is 0 Å². The van der Waals surface area contributed by atoms with Gasteiger partial charge in [0.05, 0.1) is 17.3 Å². The van der Waals surface area contributed by atoms with Gasteiger partial charge in [-0.15, -0.1) is 11.3 Å². The zero-order valence-corrected chi connectivity index (χ0v) is 13.6. The van der Waals surface area contributed by atoms with Crippen LogP contribution in [-0.2, 0) is 4.74 Å². The summed E-state index contributed by atoms with van der Waals surface area (Å²) < 4.78 is 5.12. The van der Waals surface area contributed by atoms with Gasteiger partial charge in [-0.3, -0.25) is 0 Å². The van der Waals surface area contributed by atoms with Crippen molar-refractivity contribution in [2.75, 3.05) is 24.2 Å². The summed E-state index contributed by atoms with van der Waals surface area (Å²) in [5.41, 5.74) is 8.44. The number of anilines is 2. The van der Waals surface area contributed by atoms with Gasteiger partial charge in [0.1, 0.15) is 4.88 Å². The second-order valence-electron chi connectivity index (χ2n) is 6.60. The van der Waals surface area contributed by atoms with Crippen LogP contribution in [0.1, 0.15) is 67.1 Å². The van der Waals surface area contributed by atoms with E-state index in [1.165, 1.54) is 43.4 Å². The highest BCUT2D eigenvalue weighted by Crippen LogP contribution is 2.51. The van der Waals surface area contributed by atoms with Gasteiger partial charge in [0.2, 0.25) is 0 Å². The fourth-order valence-corrected chi connectivity index (χ4v) is 4.06. The van der Waals surface area contributed by atoms with E-state index in [4.69, 9.17) is 10.5 Å². The molecule has 21 heavy (non-hydrogen) atoms. The summed E-state index contributed by atoms with van der Waals surface area (Å²) in [6.45, 7) is 5.49. The van der Waals surface area contributed by atoms with Crippen molar-refractivity contribution in [2.24, 2.45) is 5.41 Å². The lowest BCUT2D eigenvalue weighted by molar-refractivity contribution is 0.0533. The average Bonchev–Trinajstić information content (AvgIpc) is 3.19. The predicted octanol–water partition coefficient (Wildman–Crippen LogP) is 3.99. The maximum Gasteiger partial charge on any atom is 0.350 e. The quantitative estimate of drug-likeness (QED) is 0.780. The summed E-state index contributed by atoms with van der Waals surface area (Å²) in [7, 11) is 0. The van der Waals surface area contributed by atoms with Crippen molar-refractivity contribution in [3.8, 4) is 0 Å². The molecule has 3 N–H and O–H groups in total. The lowest BCUT2D eigenvalue weighted by atomic mass is 9.70. The summed E-state index contributed by atoms with van der Waals surface area (Å²) in [5, 5.41) is 4.66. The highest BCUT2D eigenvalue weighted by Gasteiger charge is 2.35. The maximum absolute atomic E-state index is 12.0. The fraction of sp³-hybridized carbons (Fsp3) is 0.688. The molecule has 0 atom stereocenters. The van der Waals surface area contributed by atoms with Gasteiger partial charge in [0.15, 0.2) is 0 Å². The Labute approximate surface area is 130 Å². The summed E-state index contributed by atoms with van der Waals surface area (Å²) in [6, 6.07) is 0. The van der Waals surface area contributed by atoms with Gasteiger partial charge in [-0.2, -0.15) is 0 Å². The van der Waals surface area contributed by atoms with Gasteiger partial charge in [-0.05, 0) is 43.9 Å². The number of thiophene rings is 1. The second-order valence-corrected chi connectivity index (χ2v) is 7.62. The molecular weight excluding hydrogens is 284 g/mol. The number of nitrogens with one attached hydrogen (secondary N) is 1. The minimum Gasteiger partial charge on any atom is -0.462 e. The molecule has 2 fully saturated rings. The van der Waals surface area contributed by atoms with Crippen molar-refractivity contribution < 1.29 is 9.53 Å². The molecule has 0 aromatic carbocycles. The molecule has 0 saturated heterocycles. The summed E-state index contributed by atoms with van der Waals surface area (Å²) >= 11 is 1.47. The molecule has 116 valence electrons. The largest absolute Gasteiger partial charge is 0.462 e. The second kappa shape index (κ2) is 5.52. The Morgan fingerprint density at radius 1 is 1.48 bits per heavy atom. The molecule has 0 unspecified atom stereocenters. The van der Waals surface area contributed by atoms with Gasteiger partial charge < -0.3 is 15.8 Å². The molecule has 4 nitrogen and oxygen atoms in total. The van der Waals surface area contributed by atoms with Gasteiger partial charge in [-0.25, -0.2) is 4.79 Å². The maximum atomic E-state index is 12.0. The molecule has 1 aromatic heterocycles. The monoisotopic (exact) mass is 308 g/mol. The fourth-order valence-electron chi connectivity index (χ4n) is 2.96. The van der Waals surface area contributed by atoms with Gasteiger partial charge in [0.25, 0.3) is 0 Å². The minimum absolute atomic E-state index is 0.287. The van der Waals surface area contributed by atoms with Crippen LogP contribution in [0.5, 0.6) is 0 Å². The number of ether oxygens (including phenoxy) is 1. The molecule has 5 heteroatoms. The zero-order chi connectivity index (χ0) is 15.0. The highest BCUT2D eigenvalue weighted by atomic mass is 32.1. The van der Waals surface area contributed by atoms with Crippen LogP contribution in [0.4, 0.5) is 10.7 Å². The van der Waals surface area contributed by atoms with Crippen LogP contribution in [0.15, 0.2) is 0 Å². The SMILES string of the molecule is CCOC(=O)c1sc(NCC2(C)CCC2)c(C2CC2)c1N. The van der Waals surface area contributed by atoms with Crippen LogP contribution < -0.4 is 11.1 Å². The first kappa shape index (κ1) is 14.7. The van der Waals surface area contributed by atoms with Crippen LogP contribution in [-0.4, -0.2) is 19.1 Å². The number of carbonyl (C=O) groups is 1. The number of esters is 1. The molecule has 0 radical (unpaired) electrons. The minimum atomic E-state index is -0.287. The number of nitrogens with two attached hydrogens (primary N) is 1. The molecule has 2 aliphatic carbocycles. The van der Waals surface area contributed by atoms with Crippen molar-refractivity contribution in [3.05, 3.63) is 10.4 Å². The van der Waals surface area contributed by atoms with Gasteiger partial charge in [0, 0.05) is 12.1 Å². The van der Waals surface area contributed by atoms with Gasteiger partial charge >= 0.3 is 5.97 Å². The molecule has 0 spiro atoms. The Balaban J connectivity index is 1.80. The predicted molar refractivity (Wildman–Crippen MR) is 87.1 cm³/mol. The van der Waals surface area contributed by atoms with Gasteiger partial charge in [-0.1, -0.05) is 13.3 Å². The van der Waals surface area contributed by atoms with Crippen LogP contribution >= 0.6 is 11.3 Å². The lowest BCUT2D eigenvalue weighted by Gasteiger charge is -2.38. The molecule has 1 aromatic rings. The number of rotatable bonds is 6. The third kappa shape index (κ3) is 2.89. The lowest BCUT2D eigenvalue weighted by Crippen LogP contribution is -2.33. The Hall–Kier alpha value is -1.23. The molecule has 0 bridgehead atoms. The summed E-state index contributed by atoms with van der Waals surface area (Å²) in [6.07, 6.45) is 6.24. The van der Waals surface area contributed by atoms with Crippen LogP contribution in [0, 0.1) is 5.41 Å². The van der Waals surface area contributed by atoms with Crippen molar-refractivity contribution in [1.29, 1.82) is 0 Å². The molecule has 2 aliphatic rings. The van der Waals surface area contributed by atoms with E-state index >= 15 is 0 Å². The molecule has 2 saturated carbocycles.